The zero-order chi connectivity index (χ0) is 11.8. The van der Waals surface area contributed by atoms with Crippen LogP contribution in [0.15, 0.2) is 12.4 Å². The average molecular weight is 221 g/mol. The molecule has 0 saturated carbocycles. The topological polar surface area (TPSA) is 29.9 Å². The first-order valence-electron chi connectivity index (χ1n) is 6.22. The lowest BCUT2D eigenvalue weighted by Crippen LogP contribution is -2.33. The van der Waals surface area contributed by atoms with Crippen molar-refractivity contribution < 1.29 is 0 Å². The molecule has 0 spiro atoms. The van der Waals surface area contributed by atoms with Gasteiger partial charge >= 0.3 is 0 Å². The fourth-order valence-corrected chi connectivity index (χ4v) is 2.32. The van der Waals surface area contributed by atoms with Crippen LogP contribution in [-0.4, -0.2) is 22.9 Å². The molecule has 3 nitrogen and oxygen atoms in total. The molecule has 1 fully saturated rings. The molecule has 0 aliphatic carbocycles. The summed E-state index contributed by atoms with van der Waals surface area (Å²) in [6.07, 6.45) is 5.53. The van der Waals surface area contributed by atoms with Crippen LogP contribution in [0.25, 0.3) is 0 Å². The first-order valence-corrected chi connectivity index (χ1v) is 6.22. The zero-order valence-corrected chi connectivity index (χ0v) is 10.8. The summed E-state index contributed by atoms with van der Waals surface area (Å²) in [5, 5.41) is 7.97. The molecule has 0 radical (unpaired) electrons. The van der Waals surface area contributed by atoms with Crippen LogP contribution >= 0.6 is 0 Å². The van der Waals surface area contributed by atoms with E-state index in [2.05, 4.69) is 49.0 Å². The van der Waals surface area contributed by atoms with Gasteiger partial charge in [0, 0.05) is 12.7 Å². The lowest BCUT2D eigenvalue weighted by Gasteiger charge is -2.27. The largest absolute Gasteiger partial charge is 0.316 e. The average Bonchev–Trinajstić information content (AvgIpc) is 2.65. The molecule has 90 valence electrons. The smallest absolute Gasteiger partial charge is 0.0543 e. The van der Waals surface area contributed by atoms with Crippen LogP contribution in [0.3, 0.4) is 0 Å². The highest BCUT2D eigenvalue weighted by molar-refractivity contribution is 5.14. The molecule has 0 amide bonds. The minimum Gasteiger partial charge on any atom is -0.316 e. The summed E-state index contributed by atoms with van der Waals surface area (Å²) in [6.45, 7) is 11.1. The van der Waals surface area contributed by atoms with E-state index < -0.39 is 0 Å². The van der Waals surface area contributed by atoms with Gasteiger partial charge in [0.25, 0.3) is 0 Å². The van der Waals surface area contributed by atoms with Crippen LogP contribution in [0.5, 0.6) is 0 Å². The molecule has 1 saturated heterocycles. The van der Waals surface area contributed by atoms with Gasteiger partial charge in [0.2, 0.25) is 0 Å². The van der Waals surface area contributed by atoms with E-state index >= 15 is 0 Å². The van der Waals surface area contributed by atoms with Gasteiger partial charge in [-0.05, 0) is 51.1 Å². The maximum absolute atomic E-state index is 4.48. The number of nitrogens with one attached hydrogen (secondary N) is 1. The van der Waals surface area contributed by atoms with Crippen molar-refractivity contribution >= 4 is 0 Å². The van der Waals surface area contributed by atoms with E-state index in [-0.39, 0.29) is 5.54 Å². The molecule has 2 heterocycles. The van der Waals surface area contributed by atoms with Crippen molar-refractivity contribution in [2.24, 2.45) is 5.92 Å². The highest BCUT2D eigenvalue weighted by Gasteiger charge is 2.22. The molecule has 2 unspecified atom stereocenters. The summed E-state index contributed by atoms with van der Waals surface area (Å²) >= 11 is 0. The van der Waals surface area contributed by atoms with Crippen LogP contribution in [0.2, 0.25) is 0 Å². The van der Waals surface area contributed by atoms with E-state index in [1.54, 1.807) is 0 Å². The van der Waals surface area contributed by atoms with Gasteiger partial charge in [0.15, 0.2) is 0 Å². The highest BCUT2D eigenvalue weighted by atomic mass is 15.3. The fourth-order valence-electron chi connectivity index (χ4n) is 2.32. The summed E-state index contributed by atoms with van der Waals surface area (Å²) in [5.74, 6) is 1.41. The SMILES string of the molecule is CC1CNCC(c2cnn(C(C)(C)C)c2)C1. The molecule has 1 aliphatic rings. The van der Waals surface area contributed by atoms with Crippen molar-refractivity contribution in [3.63, 3.8) is 0 Å². The second-order valence-electron chi connectivity index (χ2n) is 6.09. The first-order chi connectivity index (χ1) is 7.47. The Morgan fingerprint density at radius 2 is 2.12 bits per heavy atom. The molecule has 0 aromatic carbocycles. The number of nitrogens with zero attached hydrogens (tertiary/aromatic N) is 2. The van der Waals surface area contributed by atoms with Crippen molar-refractivity contribution in [3.8, 4) is 0 Å². The molecule has 1 N–H and O–H groups in total. The predicted molar refractivity (Wildman–Crippen MR) is 66.6 cm³/mol. The Morgan fingerprint density at radius 3 is 2.69 bits per heavy atom. The molecule has 2 rings (SSSR count). The number of aromatic nitrogens is 2. The van der Waals surface area contributed by atoms with E-state index in [1.165, 1.54) is 12.0 Å². The van der Waals surface area contributed by atoms with Crippen LogP contribution in [0, 0.1) is 5.92 Å². The van der Waals surface area contributed by atoms with E-state index in [1.807, 2.05) is 6.20 Å². The predicted octanol–water partition coefficient (Wildman–Crippen LogP) is 2.35. The fraction of sp³-hybridized carbons (Fsp3) is 0.769. The van der Waals surface area contributed by atoms with Crippen LogP contribution < -0.4 is 5.32 Å². The third-order valence-corrected chi connectivity index (χ3v) is 3.33. The molecule has 3 heteroatoms. The monoisotopic (exact) mass is 221 g/mol. The first kappa shape index (κ1) is 11.6. The second-order valence-corrected chi connectivity index (χ2v) is 6.09. The third kappa shape index (κ3) is 2.46. The van der Waals surface area contributed by atoms with Crippen molar-refractivity contribution in [3.05, 3.63) is 18.0 Å². The summed E-state index contributed by atoms with van der Waals surface area (Å²) in [5.41, 5.74) is 1.47. The maximum atomic E-state index is 4.48. The van der Waals surface area contributed by atoms with Gasteiger partial charge in [-0.25, -0.2) is 0 Å². The van der Waals surface area contributed by atoms with Crippen molar-refractivity contribution in [2.45, 2.75) is 45.6 Å². The van der Waals surface area contributed by atoms with E-state index in [4.69, 9.17) is 0 Å². The van der Waals surface area contributed by atoms with Crippen LogP contribution in [0.1, 0.15) is 45.6 Å². The molecule has 0 bridgehead atoms. The van der Waals surface area contributed by atoms with Gasteiger partial charge in [0.1, 0.15) is 0 Å². The molecule has 1 aromatic heterocycles. The Balaban J connectivity index is 2.12. The minimum absolute atomic E-state index is 0.0892. The van der Waals surface area contributed by atoms with Gasteiger partial charge < -0.3 is 5.32 Å². The van der Waals surface area contributed by atoms with Crippen molar-refractivity contribution in [1.29, 1.82) is 0 Å². The molecular formula is C13H23N3. The van der Waals surface area contributed by atoms with E-state index in [0.29, 0.717) is 5.92 Å². The van der Waals surface area contributed by atoms with Gasteiger partial charge in [-0.1, -0.05) is 6.92 Å². The number of hydrogen-bond donors (Lipinski definition) is 1. The lowest BCUT2D eigenvalue weighted by molar-refractivity contribution is 0.350. The molecular weight excluding hydrogens is 198 g/mol. The molecule has 1 aromatic rings. The second kappa shape index (κ2) is 4.21. The number of rotatable bonds is 1. The molecule has 1 aliphatic heterocycles. The standard InChI is InChI=1S/C13H23N3/c1-10-5-11(7-14-6-10)12-8-15-16(9-12)13(2,3)4/h8-11,14H,5-7H2,1-4H3. The van der Waals surface area contributed by atoms with Crippen LogP contribution in [0.4, 0.5) is 0 Å². The van der Waals surface area contributed by atoms with Gasteiger partial charge in [0.05, 0.1) is 11.7 Å². The van der Waals surface area contributed by atoms with Gasteiger partial charge in [-0.2, -0.15) is 5.10 Å². The Kier molecular flexibility index (Phi) is 3.06. The van der Waals surface area contributed by atoms with Gasteiger partial charge in [-0.15, -0.1) is 0 Å². The highest BCUT2D eigenvalue weighted by Crippen LogP contribution is 2.27. The Labute approximate surface area is 98.2 Å². The normalized spacial score (nSPS) is 27.0. The quantitative estimate of drug-likeness (QED) is 0.789. The molecule has 2 atom stereocenters. The minimum atomic E-state index is 0.0892. The van der Waals surface area contributed by atoms with E-state index in [0.717, 1.165) is 19.0 Å². The Bertz CT molecular complexity index is 348. The van der Waals surface area contributed by atoms with Crippen molar-refractivity contribution in [2.75, 3.05) is 13.1 Å². The Hall–Kier alpha value is -0.830. The zero-order valence-electron chi connectivity index (χ0n) is 10.8. The summed E-state index contributed by atoms with van der Waals surface area (Å²) in [4.78, 5) is 0. The molecule has 16 heavy (non-hydrogen) atoms. The summed E-state index contributed by atoms with van der Waals surface area (Å²) in [6, 6.07) is 0. The summed E-state index contributed by atoms with van der Waals surface area (Å²) in [7, 11) is 0. The summed E-state index contributed by atoms with van der Waals surface area (Å²) < 4.78 is 2.07. The Morgan fingerprint density at radius 1 is 1.38 bits per heavy atom. The van der Waals surface area contributed by atoms with Crippen molar-refractivity contribution in [1.82, 2.24) is 15.1 Å². The third-order valence-electron chi connectivity index (χ3n) is 3.33. The number of hydrogen-bond acceptors (Lipinski definition) is 2. The van der Waals surface area contributed by atoms with Crippen LogP contribution in [-0.2, 0) is 5.54 Å². The van der Waals surface area contributed by atoms with E-state index in [9.17, 15) is 0 Å². The number of piperidine rings is 1. The van der Waals surface area contributed by atoms with Gasteiger partial charge in [-0.3, -0.25) is 4.68 Å². The lowest BCUT2D eigenvalue weighted by atomic mass is 9.88. The maximum Gasteiger partial charge on any atom is 0.0543 e.